The number of hydrogen-bond acceptors (Lipinski definition) is 3. The van der Waals surface area contributed by atoms with Crippen molar-refractivity contribution in [3.05, 3.63) is 28.8 Å². The van der Waals surface area contributed by atoms with Gasteiger partial charge >= 0.3 is 0 Å². The van der Waals surface area contributed by atoms with Crippen molar-refractivity contribution in [2.24, 2.45) is 0 Å². The molecule has 3 nitrogen and oxygen atoms in total. The summed E-state index contributed by atoms with van der Waals surface area (Å²) in [6.45, 7) is 6.59. The summed E-state index contributed by atoms with van der Waals surface area (Å²) in [4.78, 5) is 0. The average Bonchev–Trinajstić information content (AvgIpc) is 2.19. The minimum absolute atomic E-state index is 0.00375. The van der Waals surface area contributed by atoms with E-state index in [1.54, 1.807) is 0 Å². The van der Waals surface area contributed by atoms with Crippen LogP contribution in [0.15, 0.2) is 12.1 Å². The van der Waals surface area contributed by atoms with Gasteiger partial charge in [-0.25, -0.2) is 8.42 Å². The van der Waals surface area contributed by atoms with Crippen LogP contribution in [0.3, 0.4) is 0 Å². The summed E-state index contributed by atoms with van der Waals surface area (Å²) >= 11 is 0. The smallest absolute Gasteiger partial charge is 0.232 e. The number of halogens is 1. The molecule has 0 bridgehead atoms. The van der Waals surface area contributed by atoms with E-state index in [4.69, 9.17) is 15.4 Å². The Bertz CT molecular complexity index is 486. The van der Waals surface area contributed by atoms with Crippen LogP contribution in [0.25, 0.3) is 0 Å². The fraction of sp³-hybridized carbons (Fsp3) is 0.538. The Labute approximate surface area is 114 Å². The van der Waals surface area contributed by atoms with Gasteiger partial charge in [-0.2, -0.15) is 0 Å². The fourth-order valence-electron chi connectivity index (χ4n) is 1.95. The number of benzene rings is 1. The predicted molar refractivity (Wildman–Crippen MR) is 75.0 cm³/mol. The molecule has 0 aromatic heterocycles. The lowest BCUT2D eigenvalue weighted by Crippen LogP contribution is -2.04. The number of aryl methyl sites for hydroxylation is 3. The molecule has 1 rings (SSSR count). The van der Waals surface area contributed by atoms with Crippen LogP contribution in [0.2, 0.25) is 0 Å². The van der Waals surface area contributed by atoms with Gasteiger partial charge in [0.2, 0.25) is 9.05 Å². The van der Waals surface area contributed by atoms with Gasteiger partial charge in [-0.05, 0) is 44.7 Å². The molecule has 0 fully saturated rings. The second kappa shape index (κ2) is 6.43. The van der Waals surface area contributed by atoms with Crippen molar-refractivity contribution in [2.75, 3.05) is 12.4 Å². The maximum absolute atomic E-state index is 10.7. The van der Waals surface area contributed by atoms with Gasteiger partial charge < -0.3 is 4.74 Å². The van der Waals surface area contributed by atoms with Crippen molar-refractivity contribution >= 4 is 19.7 Å². The van der Waals surface area contributed by atoms with Gasteiger partial charge in [0.05, 0.1) is 12.4 Å². The molecule has 0 saturated carbocycles. The highest BCUT2D eigenvalue weighted by atomic mass is 35.7. The van der Waals surface area contributed by atoms with E-state index in [0.29, 0.717) is 19.4 Å². The molecule has 18 heavy (non-hydrogen) atoms. The van der Waals surface area contributed by atoms with Crippen molar-refractivity contribution in [1.29, 1.82) is 0 Å². The van der Waals surface area contributed by atoms with Crippen LogP contribution in [0.4, 0.5) is 0 Å². The van der Waals surface area contributed by atoms with Crippen LogP contribution >= 0.6 is 10.7 Å². The highest BCUT2D eigenvalue weighted by molar-refractivity contribution is 8.13. The van der Waals surface area contributed by atoms with Crippen LogP contribution in [-0.2, 0) is 9.05 Å². The molecule has 0 unspecified atom stereocenters. The zero-order valence-corrected chi connectivity index (χ0v) is 12.6. The first kappa shape index (κ1) is 15.3. The van der Waals surface area contributed by atoms with Gasteiger partial charge in [0.1, 0.15) is 5.75 Å². The van der Waals surface area contributed by atoms with Gasteiger partial charge in [-0.1, -0.05) is 17.7 Å². The van der Waals surface area contributed by atoms with E-state index >= 15 is 0 Å². The summed E-state index contributed by atoms with van der Waals surface area (Å²) in [7, 11) is 1.75. The van der Waals surface area contributed by atoms with Gasteiger partial charge in [0.25, 0.3) is 0 Å². The Morgan fingerprint density at radius 2 is 1.67 bits per heavy atom. The topological polar surface area (TPSA) is 43.4 Å². The van der Waals surface area contributed by atoms with Gasteiger partial charge in [-0.15, -0.1) is 0 Å². The van der Waals surface area contributed by atoms with Gasteiger partial charge in [-0.3, -0.25) is 0 Å². The molecule has 0 atom stereocenters. The second-order valence-electron chi connectivity index (χ2n) is 4.53. The van der Waals surface area contributed by atoms with E-state index < -0.39 is 9.05 Å². The van der Waals surface area contributed by atoms with E-state index in [1.165, 1.54) is 5.56 Å². The largest absolute Gasteiger partial charge is 0.493 e. The molecule has 1 aromatic rings. The third-order valence-corrected chi connectivity index (χ3v) is 3.87. The molecule has 0 spiro atoms. The Kier molecular flexibility index (Phi) is 5.47. The lowest BCUT2D eigenvalue weighted by atomic mass is 10.1. The molecule has 0 aliphatic carbocycles. The Morgan fingerprint density at radius 3 is 2.17 bits per heavy atom. The molecule has 102 valence electrons. The predicted octanol–water partition coefficient (Wildman–Crippen LogP) is 3.34. The first-order valence-corrected chi connectivity index (χ1v) is 8.40. The highest BCUT2D eigenvalue weighted by Gasteiger charge is 2.06. The highest BCUT2D eigenvalue weighted by Crippen LogP contribution is 2.24. The summed E-state index contributed by atoms with van der Waals surface area (Å²) in [5, 5.41) is 0. The lowest BCUT2D eigenvalue weighted by Gasteiger charge is -2.12. The SMILES string of the molecule is Cc1cc(C)c(OCCCCS(=O)(=O)Cl)c(C)c1. The number of unbranched alkanes of at least 4 members (excludes halogenated alkanes) is 1. The average molecular weight is 291 g/mol. The monoisotopic (exact) mass is 290 g/mol. The molecule has 0 radical (unpaired) electrons. The van der Waals surface area contributed by atoms with Crippen molar-refractivity contribution in [3.63, 3.8) is 0 Å². The van der Waals surface area contributed by atoms with Crippen LogP contribution in [0.1, 0.15) is 29.5 Å². The van der Waals surface area contributed by atoms with E-state index in [0.717, 1.165) is 16.9 Å². The van der Waals surface area contributed by atoms with E-state index in [2.05, 4.69) is 19.1 Å². The second-order valence-corrected chi connectivity index (χ2v) is 7.42. The van der Waals surface area contributed by atoms with Crippen LogP contribution < -0.4 is 4.74 Å². The summed E-state index contributed by atoms with van der Waals surface area (Å²) in [5.41, 5.74) is 3.43. The Morgan fingerprint density at radius 1 is 1.11 bits per heavy atom. The molecule has 0 aliphatic heterocycles. The lowest BCUT2D eigenvalue weighted by molar-refractivity contribution is 0.305. The summed E-state index contributed by atoms with van der Waals surface area (Å²) < 4.78 is 27.2. The standard InChI is InChI=1S/C13H19ClO3S/c1-10-8-11(2)13(12(3)9-10)17-6-4-5-7-18(14,15)16/h8-9H,4-7H2,1-3H3. The first-order chi connectivity index (χ1) is 8.29. The van der Waals surface area contributed by atoms with Gasteiger partial charge in [0.15, 0.2) is 0 Å². The van der Waals surface area contributed by atoms with E-state index in [-0.39, 0.29) is 5.75 Å². The molecule has 0 amide bonds. The number of ether oxygens (including phenoxy) is 1. The Balaban J connectivity index is 2.45. The number of hydrogen-bond donors (Lipinski definition) is 0. The van der Waals surface area contributed by atoms with Crippen molar-refractivity contribution in [3.8, 4) is 5.75 Å². The maximum Gasteiger partial charge on any atom is 0.232 e. The third-order valence-electron chi connectivity index (χ3n) is 2.63. The molecule has 0 N–H and O–H groups in total. The minimum Gasteiger partial charge on any atom is -0.493 e. The van der Waals surface area contributed by atoms with E-state index in [1.807, 2.05) is 13.8 Å². The van der Waals surface area contributed by atoms with Crippen LogP contribution in [-0.4, -0.2) is 20.8 Å². The minimum atomic E-state index is -3.37. The summed E-state index contributed by atoms with van der Waals surface area (Å²) in [5.74, 6) is 0.901. The normalized spacial score (nSPS) is 11.6. The summed E-state index contributed by atoms with van der Waals surface area (Å²) in [6.07, 6.45) is 1.20. The van der Waals surface area contributed by atoms with Crippen molar-refractivity contribution in [1.82, 2.24) is 0 Å². The molecule has 0 saturated heterocycles. The zero-order chi connectivity index (χ0) is 13.8. The van der Waals surface area contributed by atoms with Crippen LogP contribution in [0.5, 0.6) is 5.75 Å². The summed E-state index contributed by atoms with van der Waals surface area (Å²) in [6, 6.07) is 4.15. The molecular formula is C13H19ClO3S. The van der Waals surface area contributed by atoms with Gasteiger partial charge in [0, 0.05) is 10.7 Å². The molecule has 0 aliphatic rings. The number of rotatable bonds is 6. The molecule has 0 heterocycles. The molecule has 1 aromatic carbocycles. The maximum atomic E-state index is 10.7. The van der Waals surface area contributed by atoms with Crippen molar-refractivity contribution < 1.29 is 13.2 Å². The molecule has 5 heteroatoms. The van der Waals surface area contributed by atoms with E-state index in [9.17, 15) is 8.42 Å². The zero-order valence-electron chi connectivity index (χ0n) is 11.0. The first-order valence-electron chi connectivity index (χ1n) is 5.92. The Hall–Kier alpha value is -0.740. The fourth-order valence-corrected chi connectivity index (χ4v) is 2.82. The molecular weight excluding hydrogens is 272 g/mol. The quantitative estimate of drug-likeness (QED) is 0.596. The third kappa shape index (κ3) is 5.27. The van der Waals surface area contributed by atoms with Crippen LogP contribution in [0, 0.1) is 20.8 Å². The van der Waals surface area contributed by atoms with Crippen molar-refractivity contribution in [2.45, 2.75) is 33.6 Å².